The van der Waals surface area contributed by atoms with Crippen LogP contribution in [0.3, 0.4) is 0 Å². The van der Waals surface area contributed by atoms with Crippen LogP contribution in [-0.4, -0.2) is 36.6 Å². The van der Waals surface area contributed by atoms with E-state index in [1.165, 1.54) is 167 Å². The van der Waals surface area contributed by atoms with Crippen LogP contribution in [0.1, 0.15) is 220 Å². The Morgan fingerprint density at radius 2 is 0.810 bits per heavy atom. The molecule has 0 rings (SSSR count). The molecule has 0 aliphatic heterocycles. The Kier molecular flexibility index (Phi) is 32.9. The second-order valence-corrected chi connectivity index (χ2v) is 13.9. The summed E-state index contributed by atoms with van der Waals surface area (Å²) in [5.74, 6) is 0.0292. The highest BCUT2D eigenvalue weighted by Crippen LogP contribution is 2.19. The summed E-state index contributed by atoms with van der Waals surface area (Å²) in [6, 6.07) is 0.528. The van der Waals surface area contributed by atoms with Crippen LogP contribution in [0.2, 0.25) is 0 Å². The molecular formula is C39H79NO2. The molecule has 0 aliphatic carbocycles. The van der Waals surface area contributed by atoms with Gasteiger partial charge in [-0.2, -0.15) is 0 Å². The van der Waals surface area contributed by atoms with E-state index >= 15 is 0 Å². The van der Waals surface area contributed by atoms with Crippen molar-refractivity contribution >= 4 is 5.97 Å². The third kappa shape index (κ3) is 30.9. The Bertz CT molecular complexity index is 504. The van der Waals surface area contributed by atoms with Gasteiger partial charge in [0, 0.05) is 12.5 Å². The zero-order chi connectivity index (χ0) is 30.9. The van der Waals surface area contributed by atoms with Crippen molar-refractivity contribution in [1.82, 2.24) is 4.90 Å². The SMILES string of the molecule is CCCCCCCCCCCCCCCC(CCCCCCCCCCCCCCC)OC(=O)CCCN(C)C(C)C. The Hall–Kier alpha value is -0.570. The zero-order valence-electron chi connectivity index (χ0n) is 29.8. The molecule has 0 amide bonds. The Labute approximate surface area is 266 Å². The molecule has 0 radical (unpaired) electrons. The molecule has 0 aromatic heterocycles. The highest BCUT2D eigenvalue weighted by atomic mass is 16.5. The van der Waals surface area contributed by atoms with Gasteiger partial charge in [-0.25, -0.2) is 0 Å². The van der Waals surface area contributed by atoms with Crippen molar-refractivity contribution in [1.29, 1.82) is 0 Å². The van der Waals surface area contributed by atoms with Crippen LogP contribution < -0.4 is 0 Å². The summed E-state index contributed by atoms with van der Waals surface area (Å²) in [5, 5.41) is 0. The lowest BCUT2D eigenvalue weighted by atomic mass is 10.0. The topological polar surface area (TPSA) is 29.5 Å². The van der Waals surface area contributed by atoms with Crippen LogP contribution in [0.5, 0.6) is 0 Å². The second kappa shape index (κ2) is 33.3. The van der Waals surface area contributed by atoms with E-state index in [4.69, 9.17) is 4.74 Å². The molecule has 0 aromatic rings. The molecule has 3 heteroatoms. The minimum Gasteiger partial charge on any atom is -0.462 e. The van der Waals surface area contributed by atoms with E-state index in [2.05, 4.69) is 39.6 Å². The lowest BCUT2D eigenvalue weighted by Crippen LogP contribution is -2.28. The highest BCUT2D eigenvalue weighted by molar-refractivity contribution is 5.69. The average Bonchev–Trinajstić information content (AvgIpc) is 2.97. The first kappa shape index (κ1) is 41.4. The largest absolute Gasteiger partial charge is 0.462 e. The lowest BCUT2D eigenvalue weighted by molar-refractivity contribution is -0.150. The molecular weight excluding hydrogens is 514 g/mol. The van der Waals surface area contributed by atoms with E-state index in [1.807, 2.05) is 0 Å². The molecule has 0 spiro atoms. The van der Waals surface area contributed by atoms with Gasteiger partial charge in [-0.3, -0.25) is 4.79 Å². The zero-order valence-corrected chi connectivity index (χ0v) is 29.8. The summed E-state index contributed by atoms with van der Waals surface area (Å²) in [4.78, 5) is 14.9. The molecule has 252 valence electrons. The van der Waals surface area contributed by atoms with Crippen LogP contribution in [0.4, 0.5) is 0 Å². The van der Waals surface area contributed by atoms with Gasteiger partial charge < -0.3 is 9.64 Å². The fourth-order valence-corrected chi connectivity index (χ4v) is 6.02. The van der Waals surface area contributed by atoms with Gasteiger partial charge in [-0.15, -0.1) is 0 Å². The standard InChI is InChI=1S/C39H79NO2/c1-6-8-10-12-14-16-18-20-22-24-26-28-30-33-38(42-39(41)35-32-36-40(5)37(3)4)34-31-29-27-25-23-21-19-17-15-13-11-9-7-2/h37-38H,6-36H2,1-5H3. The molecule has 3 nitrogen and oxygen atoms in total. The van der Waals surface area contributed by atoms with Crippen LogP contribution in [0.25, 0.3) is 0 Å². The summed E-state index contributed by atoms with van der Waals surface area (Å²) in [5.41, 5.74) is 0. The average molecular weight is 594 g/mol. The van der Waals surface area contributed by atoms with Gasteiger partial charge in [0.25, 0.3) is 0 Å². The predicted octanol–water partition coefficient (Wildman–Crippen LogP) is 13.0. The molecule has 0 N–H and O–H groups in total. The summed E-state index contributed by atoms with van der Waals surface area (Å²) in [6.45, 7) is 9.97. The van der Waals surface area contributed by atoms with E-state index in [0.717, 1.165) is 25.8 Å². The van der Waals surface area contributed by atoms with Crippen LogP contribution in [0.15, 0.2) is 0 Å². The van der Waals surface area contributed by atoms with Crippen molar-refractivity contribution in [3.8, 4) is 0 Å². The third-order valence-electron chi connectivity index (χ3n) is 9.33. The molecule has 0 aromatic carbocycles. The number of hydrogen-bond donors (Lipinski definition) is 0. The van der Waals surface area contributed by atoms with Crippen molar-refractivity contribution < 1.29 is 9.53 Å². The minimum atomic E-state index is 0.0292. The lowest BCUT2D eigenvalue weighted by Gasteiger charge is -2.21. The van der Waals surface area contributed by atoms with Crippen LogP contribution >= 0.6 is 0 Å². The van der Waals surface area contributed by atoms with Gasteiger partial charge in [0.15, 0.2) is 0 Å². The smallest absolute Gasteiger partial charge is 0.306 e. The van der Waals surface area contributed by atoms with Gasteiger partial charge in [0.05, 0.1) is 0 Å². The second-order valence-electron chi connectivity index (χ2n) is 13.9. The monoisotopic (exact) mass is 594 g/mol. The number of hydrogen-bond acceptors (Lipinski definition) is 3. The normalized spacial score (nSPS) is 11.8. The van der Waals surface area contributed by atoms with Crippen molar-refractivity contribution in [3.05, 3.63) is 0 Å². The number of rotatable bonds is 34. The van der Waals surface area contributed by atoms with E-state index in [9.17, 15) is 4.79 Å². The molecule has 0 saturated carbocycles. The van der Waals surface area contributed by atoms with Gasteiger partial charge in [0.2, 0.25) is 0 Å². The molecule has 0 unspecified atom stereocenters. The van der Waals surface area contributed by atoms with Crippen LogP contribution in [0, 0.1) is 0 Å². The number of esters is 1. The first-order chi connectivity index (χ1) is 20.5. The van der Waals surface area contributed by atoms with E-state index in [1.54, 1.807) is 0 Å². The summed E-state index contributed by atoms with van der Waals surface area (Å²) in [7, 11) is 2.14. The van der Waals surface area contributed by atoms with Gasteiger partial charge >= 0.3 is 5.97 Å². The summed E-state index contributed by atoms with van der Waals surface area (Å²) >= 11 is 0. The predicted molar refractivity (Wildman–Crippen MR) is 188 cm³/mol. The molecule has 0 aliphatic rings. The van der Waals surface area contributed by atoms with Crippen molar-refractivity contribution in [3.63, 3.8) is 0 Å². The maximum absolute atomic E-state index is 12.6. The van der Waals surface area contributed by atoms with E-state index in [0.29, 0.717) is 12.5 Å². The maximum Gasteiger partial charge on any atom is 0.306 e. The minimum absolute atomic E-state index is 0.0292. The van der Waals surface area contributed by atoms with Crippen molar-refractivity contribution in [2.75, 3.05) is 13.6 Å². The molecule has 0 heterocycles. The first-order valence-corrected chi connectivity index (χ1v) is 19.4. The Morgan fingerprint density at radius 3 is 1.12 bits per heavy atom. The van der Waals surface area contributed by atoms with E-state index in [-0.39, 0.29) is 12.1 Å². The first-order valence-electron chi connectivity index (χ1n) is 19.4. The maximum atomic E-state index is 12.6. The summed E-state index contributed by atoms with van der Waals surface area (Å²) in [6.07, 6.45) is 39.7. The molecule has 0 saturated heterocycles. The number of carbonyl (C=O) groups is 1. The van der Waals surface area contributed by atoms with Gasteiger partial charge in [0.1, 0.15) is 6.10 Å². The van der Waals surface area contributed by atoms with Gasteiger partial charge in [-0.1, -0.05) is 168 Å². The summed E-state index contributed by atoms with van der Waals surface area (Å²) < 4.78 is 6.05. The number of carbonyl (C=O) groups excluding carboxylic acids is 1. The number of nitrogens with zero attached hydrogens (tertiary/aromatic N) is 1. The number of unbranched alkanes of at least 4 members (excludes halogenated alkanes) is 24. The van der Waals surface area contributed by atoms with Gasteiger partial charge in [-0.05, 0) is 59.5 Å². The molecule has 42 heavy (non-hydrogen) atoms. The Balaban J connectivity index is 4.04. The quantitative estimate of drug-likeness (QED) is 0.0549. The van der Waals surface area contributed by atoms with E-state index < -0.39 is 0 Å². The van der Waals surface area contributed by atoms with Crippen molar-refractivity contribution in [2.24, 2.45) is 0 Å². The fourth-order valence-electron chi connectivity index (χ4n) is 6.02. The molecule has 0 bridgehead atoms. The fraction of sp³-hybridized carbons (Fsp3) is 0.974. The third-order valence-corrected chi connectivity index (χ3v) is 9.33. The van der Waals surface area contributed by atoms with Crippen LogP contribution in [-0.2, 0) is 9.53 Å². The Morgan fingerprint density at radius 1 is 0.500 bits per heavy atom. The highest BCUT2D eigenvalue weighted by Gasteiger charge is 2.15. The molecule has 0 fully saturated rings. The molecule has 0 atom stereocenters. The van der Waals surface area contributed by atoms with Crippen molar-refractivity contribution in [2.45, 2.75) is 232 Å². The number of ether oxygens (including phenoxy) is 1.